The molecule has 1 atom stereocenters. The molecule has 0 rings (SSSR count). The van der Waals surface area contributed by atoms with Gasteiger partial charge in [-0.1, -0.05) is 47.5 Å². The smallest absolute Gasteiger partial charge is 0.171 e. The summed E-state index contributed by atoms with van der Waals surface area (Å²) in [5.41, 5.74) is -0.665. The van der Waals surface area contributed by atoms with Crippen LogP contribution < -0.4 is 0 Å². The van der Waals surface area contributed by atoms with E-state index in [1.165, 1.54) is 6.92 Å². The van der Waals surface area contributed by atoms with Crippen LogP contribution in [0.1, 0.15) is 47.5 Å². The van der Waals surface area contributed by atoms with E-state index >= 15 is 0 Å². The fourth-order valence-corrected chi connectivity index (χ4v) is 2.12. The average Bonchev–Trinajstić information content (AvgIpc) is 2.03. The molecule has 0 heterocycles. The summed E-state index contributed by atoms with van der Waals surface area (Å²) in [5.74, 6) is -1.10. The first kappa shape index (κ1) is 13.8. The number of halogens is 3. The number of hydrogen-bond donors (Lipinski definition) is 0. The predicted octanol–water partition coefficient (Wildman–Crippen LogP) is 4.65. The van der Waals surface area contributed by atoms with E-state index in [1.54, 1.807) is 13.8 Å². The van der Waals surface area contributed by atoms with Crippen molar-refractivity contribution in [2.75, 3.05) is 0 Å². The van der Waals surface area contributed by atoms with Crippen molar-refractivity contribution in [3.8, 4) is 0 Å². The van der Waals surface area contributed by atoms with Gasteiger partial charge in [0.15, 0.2) is 0 Å². The molecule has 14 heavy (non-hydrogen) atoms. The Hall–Kier alpha value is -0.210. The van der Waals surface area contributed by atoms with E-state index in [4.69, 9.17) is 0 Å². The van der Waals surface area contributed by atoms with Crippen molar-refractivity contribution in [1.29, 1.82) is 0 Å². The van der Waals surface area contributed by atoms with Gasteiger partial charge in [-0.25, -0.2) is 0 Å². The maximum atomic E-state index is 12.6. The maximum absolute atomic E-state index is 12.6. The van der Waals surface area contributed by atoms with Crippen LogP contribution in [0.4, 0.5) is 13.2 Å². The van der Waals surface area contributed by atoms with Crippen LogP contribution in [0.5, 0.6) is 0 Å². The summed E-state index contributed by atoms with van der Waals surface area (Å²) in [6.45, 7) is 8.65. The van der Waals surface area contributed by atoms with Crippen LogP contribution in [0.25, 0.3) is 0 Å². The molecular weight excluding hydrogens is 189 g/mol. The zero-order valence-corrected chi connectivity index (χ0v) is 9.70. The summed E-state index contributed by atoms with van der Waals surface area (Å²) >= 11 is 0. The summed E-state index contributed by atoms with van der Waals surface area (Å²) in [6.07, 6.45) is -2.46. The lowest BCUT2D eigenvalue weighted by Crippen LogP contribution is -2.39. The molecule has 0 aliphatic heterocycles. The number of alkyl halides is 3. The Bertz CT molecular complexity index is 166. The fraction of sp³-hybridized carbons (Fsp3) is 1.00. The molecule has 0 saturated heterocycles. The Morgan fingerprint density at radius 3 is 1.57 bits per heavy atom. The van der Waals surface area contributed by atoms with Crippen molar-refractivity contribution in [2.24, 2.45) is 17.3 Å². The van der Waals surface area contributed by atoms with E-state index in [0.717, 1.165) is 12.8 Å². The molecule has 0 fully saturated rings. The van der Waals surface area contributed by atoms with Crippen LogP contribution in [-0.4, -0.2) is 6.18 Å². The third kappa shape index (κ3) is 2.89. The fourth-order valence-electron chi connectivity index (χ4n) is 2.12. The number of hydrogen-bond acceptors (Lipinski definition) is 0. The molecule has 3 heteroatoms. The van der Waals surface area contributed by atoms with Gasteiger partial charge in [0.05, 0.1) is 5.92 Å². The summed E-state index contributed by atoms with van der Waals surface area (Å²) in [6, 6.07) is 0. The summed E-state index contributed by atoms with van der Waals surface area (Å²) in [4.78, 5) is 0. The summed E-state index contributed by atoms with van der Waals surface area (Å²) in [5, 5.41) is 0. The Balaban J connectivity index is 4.75. The van der Waals surface area contributed by atoms with Gasteiger partial charge in [0, 0.05) is 0 Å². The largest absolute Gasteiger partial charge is 0.392 e. The molecule has 0 aromatic heterocycles. The van der Waals surface area contributed by atoms with E-state index in [0.29, 0.717) is 0 Å². The third-order valence-electron chi connectivity index (χ3n) is 3.64. The van der Waals surface area contributed by atoms with E-state index in [1.807, 2.05) is 13.8 Å². The molecule has 0 amide bonds. The molecule has 0 aromatic rings. The molecule has 0 aliphatic carbocycles. The van der Waals surface area contributed by atoms with Crippen LogP contribution in [-0.2, 0) is 0 Å². The van der Waals surface area contributed by atoms with Crippen molar-refractivity contribution in [2.45, 2.75) is 53.6 Å². The van der Waals surface area contributed by atoms with Gasteiger partial charge in [-0.3, -0.25) is 0 Å². The molecule has 0 N–H and O–H groups in total. The van der Waals surface area contributed by atoms with Gasteiger partial charge in [0.1, 0.15) is 0 Å². The molecular formula is C11H21F3. The standard InChI is InChI=1S/C11H21F3/c1-6-9(7-2)10(4,5)8(3)11(12,13)14/h8-9H,6-7H2,1-5H3. The van der Waals surface area contributed by atoms with Gasteiger partial charge in [-0.15, -0.1) is 0 Å². The van der Waals surface area contributed by atoms with Crippen LogP contribution in [0.2, 0.25) is 0 Å². The first-order valence-electron chi connectivity index (χ1n) is 5.24. The van der Waals surface area contributed by atoms with Crippen LogP contribution in [0.3, 0.4) is 0 Å². The van der Waals surface area contributed by atoms with E-state index < -0.39 is 17.5 Å². The highest BCUT2D eigenvalue weighted by Crippen LogP contribution is 2.46. The summed E-state index contributed by atoms with van der Waals surface area (Å²) < 4.78 is 37.7. The van der Waals surface area contributed by atoms with Crippen LogP contribution in [0, 0.1) is 17.3 Å². The molecule has 1 unspecified atom stereocenters. The minimum atomic E-state index is -4.08. The van der Waals surface area contributed by atoms with Crippen LogP contribution in [0.15, 0.2) is 0 Å². The van der Waals surface area contributed by atoms with E-state index in [-0.39, 0.29) is 5.92 Å². The molecule has 0 spiro atoms. The molecule has 0 radical (unpaired) electrons. The predicted molar refractivity (Wildman–Crippen MR) is 53.1 cm³/mol. The lowest BCUT2D eigenvalue weighted by Gasteiger charge is -2.39. The van der Waals surface area contributed by atoms with E-state index in [2.05, 4.69) is 0 Å². The van der Waals surface area contributed by atoms with Crippen molar-refractivity contribution < 1.29 is 13.2 Å². The van der Waals surface area contributed by atoms with Crippen molar-refractivity contribution >= 4 is 0 Å². The zero-order valence-electron chi connectivity index (χ0n) is 9.70. The topological polar surface area (TPSA) is 0 Å². The second kappa shape index (κ2) is 4.54. The molecule has 0 nitrogen and oxygen atoms in total. The average molecular weight is 210 g/mol. The Labute approximate surface area is 84.9 Å². The summed E-state index contributed by atoms with van der Waals surface area (Å²) in [7, 11) is 0. The lowest BCUT2D eigenvalue weighted by atomic mass is 9.67. The minimum absolute atomic E-state index is 0.138. The maximum Gasteiger partial charge on any atom is 0.392 e. The Morgan fingerprint density at radius 2 is 1.36 bits per heavy atom. The van der Waals surface area contributed by atoms with Gasteiger partial charge < -0.3 is 0 Å². The monoisotopic (exact) mass is 210 g/mol. The Morgan fingerprint density at radius 1 is 1.00 bits per heavy atom. The quantitative estimate of drug-likeness (QED) is 0.633. The molecule has 86 valence electrons. The highest BCUT2D eigenvalue weighted by atomic mass is 19.4. The minimum Gasteiger partial charge on any atom is -0.171 e. The third-order valence-corrected chi connectivity index (χ3v) is 3.64. The van der Waals surface area contributed by atoms with Crippen molar-refractivity contribution in [3.05, 3.63) is 0 Å². The second-order valence-corrected chi connectivity index (χ2v) is 4.60. The van der Waals surface area contributed by atoms with Gasteiger partial charge in [-0.2, -0.15) is 13.2 Å². The highest BCUT2D eigenvalue weighted by Gasteiger charge is 2.47. The molecule has 0 aliphatic rings. The molecule has 0 bridgehead atoms. The molecule has 0 aromatic carbocycles. The van der Waals surface area contributed by atoms with Crippen molar-refractivity contribution in [3.63, 3.8) is 0 Å². The van der Waals surface area contributed by atoms with Crippen molar-refractivity contribution in [1.82, 2.24) is 0 Å². The van der Waals surface area contributed by atoms with Gasteiger partial charge in [0.25, 0.3) is 0 Å². The lowest BCUT2D eigenvalue weighted by molar-refractivity contribution is -0.205. The first-order valence-corrected chi connectivity index (χ1v) is 5.24. The van der Waals surface area contributed by atoms with Crippen LogP contribution >= 0.6 is 0 Å². The molecule has 0 saturated carbocycles. The highest BCUT2D eigenvalue weighted by molar-refractivity contribution is 4.85. The van der Waals surface area contributed by atoms with Gasteiger partial charge >= 0.3 is 6.18 Å². The van der Waals surface area contributed by atoms with Gasteiger partial charge in [-0.05, 0) is 11.3 Å². The zero-order chi connectivity index (χ0) is 11.6. The van der Waals surface area contributed by atoms with Gasteiger partial charge in [0.2, 0.25) is 0 Å². The SMILES string of the molecule is CCC(CC)C(C)(C)C(C)C(F)(F)F. The van der Waals surface area contributed by atoms with E-state index in [9.17, 15) is 13.2 Å². The number of rotatable bonds is 4. The normalized spacial score (nSPS) is 16.1. The first-order chi connectivity index (χ1) is 6.17. The second-order valence-electron chi connectivity index (χ2n) is 4.60. The Kier molecular flexibility index (Phi) is 4.47.